The van der Waals surface area contributed by atoms with Crippen molar-refractivity contribution < 1.29 is 14.5 Å². The van der Waals surface area contributed by atoms with Crippen molar-refractivity contribution in [2.45, 2.75) is 20.4 Å². The molecule has 0 bridgehead atoms. The van der Waals surface area contributed by atoms with Crippen molar-refractivity contribution >= 4 is 35.3 Å². The van der Waals surface area contributed by atoms with Gasteiger partial charge in [0.1, 0.15) is 5.70 Å². The molecule has 0 spiro atoms. The van der Waals surface area contributed by atoms with Crippen molar-refractivity contribution in [2.75, 3.05) is 0 Å². The van der Waals surface area contributed by atoms with Crippen molar-refractivity contribution in [1.82, 2.24) is 14.8 Å². The van der Waals surface area contributed by atoms with E-state index in [0.717, 1.165) is 33.1 Å². The molecule has 1 aliphatic rings. The van der Waals surface area contributed by atoms with Gasteiger partial charge in [0.25, 0.3) is 11.6 Å². The number of non-ortho nitro benzene ring substituents is 1. The molecule has 1 fully saturated rings. The standard InChI is InChI=1S/C23H19ClN4O4/c1-14-11-17(15(2)27(14)19-7-9-20(10-8-19)28(31)32)12-21-22(29)26(23(30)25-21)13-16-3-5-18(24)6-4-16/h3-12H,13H2,1-2H3,(H,25,30). The summed E-state index contributed by atoms with van der Waals surface area (Å²) in [6.45, 7) is 3.92. The third-order valence-electron chi connectivity index (χ3n) is 5.31. The molecule has 4 rings (SSSR count). The van der Waals surface area contributed by atoms with Crippen LogP contribution < -0.4 is 5.32 Å². The Hall–Kier alpha value is -3.91. The second-order valence-electron chi connectivity index (χ2n) is 7.44. The topological polar surface area (TPSA) is 97.5 Å². The Labute approximate surface area is 188 Å². The van der Waals surface area contributed by atoms with Gasteiger partial charge in [0, 0.05) is 34.2 Å². The molecule has 3 aromatic rings. The minimum atomic E-state index is -0.486. The zero-order valence-corrected chi connectivity index (χ0v) is 18.1. The van der Waals surface area contributed by atoms with Crippen LogP contribution in [0.2, 0.25) is 5.02 Å². The highest BCUT2D eigenvalue weighted by Gasteiger charge is 2.33. The molecule has 162 valence electrons. The number of imide groups is 1. The molecule has 0 saturated carbocycles. The van der Waals surface area contributed by atoms with Crippen LogP contribution in [0.25, 0.3) is 11.8 Å². The smallest absolute Gasteiger partial charge is 0.318 e. The van der Waals surface area contributed by atoms with Crippen molar-refractivity contribution in [1.29, 1.82) is 0 Å². The van der Waals surface area contributed by atoms with Gasteiger partial charge in [-0.05, 0) is 61.4 Å². The molecule has 3 amide bonds. The van der Waals surface area contributed by atoms with E-state index in [9.17, 15) is 19.7 Å². The molecule has 8 nitrogen and oxygen atoms in total. The third-order valence-corrected chi connectivity index (χ3v) is 5.56. The molecule has 1 aliphatic heterocycles. The fourth-order valence-corrected chi connectivity index (χ4v) is 3.82. The largest absolute Gasteiger partial charge is 0.329 e. The molecule has 1 saturated heterocycles. The number of nitro groups is 1. The van der Waals surface area contributed by atoms with Crippen LogP contribution in [0.3, 0.4) is 0 Å². The van der Waals surface area contributed by atoms with Crippen LogP contribution in [0.5, 0.6) is 0 Å². The number of nitrogens with zero attached hydrogens (tertiary/aromatic N) is 3. The van der Waals surface area contributed by atoms with Crippen LogP contribution in [-0.2, 0) is 11.3 Å². The van der Waals surface area contributed by atoms with E-state index < -0.39 is 16.9 Å². The Bertz CT molecular complexity index is 1260. The summed E-state index contributed by atoms with van der Waals surface area (Å²) < 4.78 is 1.93. The van der Waals surface area contributed by atoms with E-state index in [2.05, 4.69) is 5.32 Å². The molecule has 0 radical (unpaired) electrons. The van der Waals surface area contributed by atoms with Gasteiger partial charge in [-0.3, -0.25) is 19.8 Å². The Morgan fingerprint density at radius 2 is 1.72 bits per heavy atom. The Balaban J connectivity index is 1.61. The lowest BCUT2D eigenvalue weighted by Gasteiger charge is -2.11. The maximum atomic E-state index is 12.8. The van der Waals surface area contributed by atoms with E-state index in [4.69, 9.17) is 11.6 Å². The first-order valence-electron chi connectivity index (χ1n) is 9.77. The molecule has 1 aromatic heterocycles. The summed E-state index contributed by atoms with van der Waals surface area (Å²) in [6, 6.07) is 14.6. The number of carbonyl (C=O) groups excluding carboxylic acids is 2. The van der Waals surface area contributed by atoms with Crippen molar-refractivity contribution in [2.24, 2.45) is 0 Å². The number of amides is 3. The second-order valence-corrected chi connectivity index (χ2v) is 7.88. The van der Waals surface area contributed by atoms with E-state index in [0.29, 0.717) is 5.02 Å². The van der Waals surface area contributed by atoms with Crippen LogP contribution in [0, 0.1) is 24.0 Å². The second kappa shape index (κ2) is 8.32. The van der Waals surface area contributed by atoms with Gasteiger partial charge < -0.3 is 9.88 Å². The Kier molecular flexibility index (Phi) is 5.54. The van der Waals surface area contributed by atoms with Crippen molar-refractivity contribution in [3.8, 4) is 5.69 Å². The zero-order chi connectivity index (χ0) is 23.0. The van der Waals surface area contributed by atoms with E-state index in [1.807, 2.05) is 24.5 Å². The van der Waals surface area contributed by atoms with Crippen molar-refractivity contribution in [3.63, 3.8) is 0 Å². The van der Waals surface area contributed by atoms with Gasteiger partial charge in [0.2, 0.25) is 0 Å². The van der Waals surface area contributed by atoms with Crippen LogP contribution in [0.15, 0.2) is 60.3 Å². The lowest BCUT2D eigenvalue weighted by atomic mass is 10.2. The average molecular weight is 451 g/mol. The van der Waals surface area contributed by atoms with E-state index >= 15 is 0 Å². The first-order valence-corrected chi connectivity index (χ1v) is 10.1. The van der Waals surface area contributed by atoms with Gasteiger partial charge in [0.15, 0.2) is 0 Å². The fourth-order valence-electron chi connectivity index (χ4n) is 3.70. The van der Waals surface area contributed by atoms with Crippen LogP contribution >= 0.6 is 11.6 Å². The molecule has 0 unspecified atom stereocenters. The minimum absolute atomic E-state index is 0.0126. The highest BCUT2D eigenvalue weighted by molar-refractivity contribution is 6.30. The number of carbonyl (C=O) groups is 2. The molecule has 2 aromatic carbocycles. The number of nitrogens with one attached hydrogen (secondary N) is 1. The normalized spacial score (nSPS) is 14.8. The van der Waals surface area contributed by atoms with Crippen molar-refractivity contribution in [3.05, 3.63) is 97.9 Å². The minimum Gasteiger partial charge on any atom is -0.318 e. The molecular weight excluding hydrogens is 432 g/mol. The number of rotatable bonds is 5. The van der Waals surface area contributed by atoms with E-state index in [1.54, 1.807) is 42.5 Å². The number of nitro benzene ring substituents is 1. The van der Waals surface area contributed by atoms with Gasteiger partial charge in [-0.1, -0.05) is 23.7 Å². The lowest BCUT2D eigenvalue weighted by molar-refractivity contribution is -0.384. The van der Waals surface area contributed by atoms with E-state index in [1.165, 1.54) is 12.1 Å². The number of hydrogen-bond acceptors (Lipinski definition) is 4. The number of aryl methyl sites for hydroxylation is 1. The molecular formula is C23H19ClN4O4. The summed E-state index contributed by atoms with van der Waals surface area (Å²) in [4.78, 5) is 36.8. The third kappa shape index (κ3) is 4.00. The SMILES string of the molecule is Cc1cc(C=C2NC(=O)N(Cc3ccc(Cl)cc3)C2=O)c(C)n1-c1ccc([N+](=O)[O-])cc1. The molecule has 2 heterocycles. The number of hydrogen-bond donors (Lipinski definition) is 1. The van der Waals surface area contributed by atoms with Gasteiger partial charge in [-0.25, -0.2) is 4.79 Å². The quantitative estimate of drug-likeness (QED) is 0.262. The molecule has 9 heteroatoms. The summed E-state index contributed by atoms with van der Waals surface area (Å²) in [5, 5.41) is 14.1. The number of urea groups is 1. The monoisotopic (exact) mass is 450 g/mol. The fraction of sp³-hybridized carbons (Fsp3) is 0.130. The van der Waals surface area contributed by atoms with Crippen LogP contribution in [0.4, 0.5) is 10.5 Å². The van der Waals surface area contributed by atoms with Gasteiger partial charge in [-0.2, -0.15) is 0 Å². The number of aromatic nitrogens is 1. The predicted molar refractivity (Wildman–Crippen MR) is 120 cm³/mol. The lowest BCUT2D eigenvalue weighted by Crippen LogP contribution is -2.30. The number of benzene rings is 2. The van der Waals surface area contributed by atoms with Gasteiger partial charge in [0.05, 0.1) is 11.5 Å². The Morgan fingerprint density at radius 3 is 2.34 bits per heavy atom. The maximum Gasteiger partial charge on any atom is 0.329 e. The summed E-state index contributed by atoms with van der Waals surface area (Å²) >= 11 is 5.89. The summed E-state index contributed by atoms with van der Waals surface area (Å²) in [7, 11) is 0. The highest BCUT2D eigenvalue weighted by atomic mass is 35.5. The summed E-state index contributed by atoms with van der Waals surface area (Å²) in [6.07, 6.45) is 1.65. The van der Waals surface area contributed by atoms with Crippen LogP contribution in [-0.4, -0.2) is 26.3 Å². The zero-order valence-electron chi connectivity index (χ0n) is 17.3. The molecule has 0 atom stereocenters. The maximum absolute atomic E-state index is 12.8. The van der Waals surface area contributed by atoms with E-state index in [-0.39, 0.29) is 17.9 Å². The Morgan fingerprint density at radius 1 is 1.06 bits per heavy atom. The summed E-state index contributed by atoms with van der Waals surface area (Å²) in [5.74, 6) is -0.412. The molecule has 0 aliphatic carbocycles. The molecule has 32 heavy (non-hydrogen) atoms. The number of halogens is 1. The first kappa shape index (κ1) is 21.3. The predicted octanol–water partition coefficient (Wildman–Crippen LogP) is 4.75. The van der Waals surface area contributed by atoms with Crippen LogP contribution in [0.1, 0.15) is 22.5 Å². The van der Waals surface area contributed by atoms with Gasteiger partial charge >= 0.3 is 6.03 Å². The summed E-state index contributed by atoms with van der Waals surface area (Å²) in [5.41, 5.74) is 4.24. The van der Waals surface area contributed by atoms with Gasteiger partial charge in [-0.15, -0.1) is 0 Å². The highest BCUT2D eigenvalue weighted by Crippen LogP contribution is 2.25. The average Bonchev–Trinajstić information content (AvgIpc) is 3.19. The molecule has 1 N–H and O–H groups in total. The first-order chi connectivity index (χ1) is 15.2.